The first-order chi connectivity index (χ1) is 19.7. The average Bonchev–Trinajstić information content (AvgIpc) is 3.64. The lowest BCUT2D eigenvalue weighted by atomic mass is 10.1. The fourth-order valence-corrected chi connectivity index (χ4v) is 5.02. The molecule has 0 saturated carbocycles. The van der Waals surface area contributed by atoms with Gasteiger partial charge >= 0.3 is 0 Å². The molecule has 10 heteroatoms. The SMILES string of the molecule is CC(C)c1ccnc(NC(=O)c2ccc(-c3ncn4cc(C(/C=C/C(=O)N5CCCC5)N(C)C)nc(N)c34)cc2)c1. The molecular formula is C31H36N8O2. The number of likely N-dealkylation sites (tertiary alicyclic amines) is 1. The van der Waals surface area contributed by atoms with Gasteiger partial charge in [-0.1, -0.05) is 32.1 Å². The zero-order valence-electron chi connectivity index (χ0n) is 23.9. The van der Waals surface area contributed by atoms with Crippen molar-refractivity contribution in [2.45, 2.75) is 38.6 Å². The summed E-state index contributed by atoms with van der Waals surface area (Å²) in [7, 11) is 3.87. The second kappa shape index (κ2) is 11.9. The Hall–Kier alpha value is -4.57. The number of aromatic nitrogens is 4. The van der Waals surface area contributed by atoms with Crippen LogP contribution in [-0.4, -0.2) is 68.2 Å². The molecule has 41 heavy (non-hydrogen) atoms. The van der Waals surface area contributed by atoms with Gasteiger partial charge in [0.25, 0.3) is 5.91 Å². The highest BCUT2D eigenvalue weighted by Gasteiger charge is 2.20. The standard InChI is InChI=1S/C31H36N8O2/c1-20(2)23-13-14-33-26(17-23)36-31(41)22-9-7-21(8-10-22)28-29-30(32)35-24(18-39(29)19-34-28)25(37(3)4)11-12-27(40)38-15-5-6-16-38/h7-14,17-20,25H,5-6,15-16H2,1-4H3,(H2,32,35)(H,33,36,41)/b12-11+. The van der Waals surface area contributed by atoms with Gasteiger partial charge in [0.15, 0.2) is 0 Å². The molecular weight excluding hydrogens is 516 g/mol. The predicted octanol–water partition coefficient (Wildman–Crippen LogP) is 4.53. The van der Waals surface area contributed by atoms with Gasteiger partial charge in [0.1, 0.15) is 23.5 Å². The Morgan fingerprint density at radius 3 is 2.49 bits per heavy atom. The van der Waals surface area contributed by atoms with Gasteiger partial charge in [0, 0.05) is 42.7 Å². The number of carbonyl (C=O) groups excluding carboxylic acids is 2. The van der Waals surface area contributed by atoms with Crippen LogP contribution in [0.25, 0.3) is 16.8 Å². The van der Waals surface area contributed by atoms with Gasteiger partial charge in [0.05, 0.1) is 17.4 Å². The van der Waals surface area contributed by atoms with Crippen molar-refractivity contribution in [1.29, 1.82) is 0 Å². The number of hydrogen-bond acceptors (Lipinski definition) is 7. The minimum atomic E-state index is -0.243. The molecule has 5 rings (SSSR count). The van der Waals surface area contributed by atoms with E-state index in [-0.39, 0.29) is 17.9 Å². The van der Waals surface area contributed by atoms with E-state index in [2.05, 4.69) is 29.1 Å². The lowest BCUT2D eigenvalue weighted by Crippen LogP contribution is -2.26. The Balaban J connectivity index is 1.36. The molecule has 3 N–H and O–H groups in total. The van der Waals surface area contributed by atoms with Gasteiger partial charge in [-0.15, -0.1) is 0 Å². The number of nitrogens with one attached hydrogen (secondary N) is 1. The molecule has 1 unspecified atom stereocenters. The van der Waals surface area contributed by atoms with Gasteiger partial charge < -0.3 is 20.4 Å². The summed E-state index contributed by atoms with van der Waals surface area (Å²) in [5.41, 5.74) is 10.9. The maximum absolute atomic E-state index is 12.9. The lowest BCUT2D eigenvalue weighted by molar-refractivity contribution is -0.125. The summed E-state index contributed by atoms with van der Waals surface area (Å²) in [6, 6.07) is 10.8. The fourth-order valence-electron chi connectivity index (χ4n) is 5.02. The highest BCUT2D eigenvalue weighted by atomic mass is 16.2. The molecule has 0 bridgehead atoms. The summed E-state index contributed by atoms with van der Waals surface area (Å²) in [5, 5.41) is 2.87. The zero-order chi connectivity index (χ0) is 29.1. The predicted molar refractivity (Wildman–Crippen MR) is 160 cm³/mol. The third kappa shape index (κ3) is 6.12. The summed E-state index contributed by atoms with van der Waals surface area (Å²) in [6.45, 7) is 5.80. The minimum Gasteiger partial charge on any atom is -0.382 e. The Morgan fingerprint density at radius 1 is 1.07 bits per heavy atom. The van der Waals surface area contributed by atoms with Gasteiger partial charge in [-0.05, 0) is 62.7 Å². The summed E-state index contributed by atoms with van der Waals surface area (Å²) in [4.78, 5) is 42.8. The quantitative estimate of drug-likeness (QED) is 0.308. The molecule has 1 fully saturated rings. The molecule has 4 heterocycles. The Kier molecular flexibility index (Phi) is 8.11. The van der Waals surface area contributed by atoms with Crippen molar-refractivity contribution in [3.8, 4) is 11.3 Å². The van der Waals surface area contributed by atoms with Crippen molar-refractivity contribution < 1.29 is 9.59 Å². The fraction of sp³-hybridized carbons (Fsp3) is 0.323. The van der Waals surface area contributed by atoms with E-state index in [1.807, 2.05) is 64.8 Å². The van der Waals surface area contributed by atoms with Gasteiger partial charge in [-0.25, -0.2) is 15.0 Å². The molecule has 1 saturated heterocycles. The van der Waals surface area contributed by atoms with E-state index in [1.165, 1.54) is 0 Å². The van der Waals surface area contributed by atoms with Crippen LogP contribution in [0.1, 0.15) is 60.3 Å². The number of imidazole rings is 1. The van der Waals surface area contributed by atoms with Crippen LogP contribution in [0.5, 0.6) is 0 Å². The number of rotatable bonds is 8. The third-order valence-corrected chi connectivity index (χ3v) is 7.37. The van der Waals surface area contributed by atoms with E-state index in [0.717, 1.165) is 37.1 Å². The number of pyridine rings is 1. The molecule has 0 radical (unpaired) electrons. The smallest absolute Gasteiger partial charge is 0.256 e. The van der Waals surface area contributed by atoms with E-state index < -0.39 is 0 Å². The molecule has 0 aliphatic carbocycles. The van der Waals surface area contributed by atoms with E-state index in [4.69, 9.17) is 10.7 Å². The zero-order valence-corrected chi connectivity index (χ0v) is 23.9. The van der Waals surface area contributed by atoms with E-state index in [0.29, 0.717) is 40.0 Å². The molecule has 3 aromatic heterocycles. The van der Waals surface area contributed by atoms with Crippen molar-refractivity contribution in [3.63, 3.8) is 0 Å². The largest absolute Gasteiger partial charge is 0.382 e. The van der Waals surface area contributed by atoms with E-state index >= 15 is 0 Å². The normalized spacial score (nSPS) is 14.4. The third-order valence-electron chi connectivity index (χ3n) is 7.37. The molecule has 1 aliphatic heterocycles. The lowest BCUT2D eigenvalue weighted by Gasteiger charge is -2.21. The van der Waals surface area contributed by atoms with Crippen LogP contribution in [0.3, 0.4) is 0 Å². The number of anilines is 2. The van der Waals surface area contributed by atoms with Gasteiger partial charge in [0.2, 0.25) is 5.91 Å². The van der Waals surface area contributed by atoms with Crippen molar-refractivity contribution in [1.82, 2.24) is 29.2 Å². The number of hydrogen-bond donors (Lipinski definition) is 2. The number of likely N-dealkylation sites (N-methyl/N-ethyl adjacent to an activating group) is 1. The molecule has 1 aliphatic rings. The molecule has 2 amide bonds. The Bertz CT molecular complexity index is 1580. The van der Waals surface area contributed by atoms with Crippen LogP contribution < -0.4 is 11.1 Å². The van der Waals surface area contributed by atoms with Crippen molar-refractivity contribution in [2.24, 2.45) is 0 Å². The van der Waals surface area contributed by atoms with Crippen molar-refractivity contribution >= 4 is 29.0 Å². The average molecular weight is 553 g/mol. The second-order valence-electron chi connectivity index (χ2n) is 10.9. The van der Waals surface area contributed by atoms with Gasteiger partial charge in [-0.2, -0.15) is 0 Å². The summed E-state index contributed by atoms with van der Waals surface area (Å²) < 4.78 is 1.85. The minimum absolute atomic E-state index is 0.0192. The van der Waals surface area contributed by atoms with Crippen LogP contribution in [-0.2, 0) is 4.79 Å². The number of fused-ring (bicyclic) bond motifs is 1. The van der Waals surface area contributed by atoms with E-state index in [9.17, 15) is 9.59 Å². The monoisotopic (exact) mass is 552 g/mol. The topological polar surface area (TPSA) is 122 Å². The van der Waals surface area contributed by atoms with Crippen LogP contribution in [0.4, 0.5) is 11.6 Å². The van der Waals surface area contributed by atoms with Gasteiger partial charge in [-0.3, -0.25) is 14.5 Å². The molecule has 212 valence electrons. The van der Waals surface area contributed by atoms with Crippen LogP contribution in [0.15, 0.2) is 67.3 Å². The second-order valence-corrected chi connectivity index (χ2v) is 10.9. The number of benzene rings is 1. The summed E-state index contributed by atoms with van der Waals surface area (Å²) >= 11 is 0. The van der Waals surface area contributed by atoms with Crippen LogP contribution in [0, 0.1) is 0 Å². The highest BCUT2D eigenvalue weighted by Crippen LogP contribution is 2.29. The number of nitrogens with zero attached hydrogens (tertiary/aromatic N) is 6. The first-order valence-corrected chi connectivity index (χ1v) is 13.9. The Labute approximate surface area is 239 Å². The van der Waals surface area contributed by atoms with Crippen molar-refractivity contribution in [2.75, 3.05) is 38.2 Å². The maximum atomic E-state index is 12.9. The number of carbonyl (C=O) groups is 2. The molecule has 1 aromatic carbocycles. The molecule has 4 aromatic rings. The number of amides is 2. The Morgan fingerprint density at radius 2 is 1.80 bits per heavy atom. The molecule has 1 atom stereocenters. The summed E-state index contributed by atoms with van der Waals surface area (Å²) in [6.07, 6.45) is 10.9. The van der Waals surface area contributed by atoms with E-state index in [1.54, 1.807) is 30.7 Å². The summed E-state index contributed by atoms with van der Waals surface area (Å²) in [5.74, 6) is 0.970. The first-order valence-electron chi connectivity index (χ1n) is 13.9. The number of nitrogens with two attached hydrogens (primary N) is 1. The molecule has 0 spiro atoms. The number of nitrogen functional groups attached to an aromatic ring is 1. The maximum Gasteiger partial charge on any atom is 0.256 e. The van der Waals surface area contributed by atoms with Crippen molar-refractivity contribution in [3.05, 3.63) is 84.1 Å². The molecule has 10 nitrogen and oxygen atoms in total. The highest BCUT2D eigenvalue weighted by molar-refractivity contribution is 6.04. The van der Waals surface area contributed by atoms with Crippen LogP contribution >= 0.6 is 0 Å². The first kappa shape index (κ1) is 28.0. The van der Waals surface area contributed by atoms with Crippen LogP contribution in [0.2, 0.25) is 0 Å².